The Kier molecular flexibility index (Phi) is 3.67. The van der Waals surface area contributed by atoms with E-state index in [2.05, 4.69) is 5.10 Å². The summed E-state index contributed by atoms with van der Waals surface area (Å²) in [5, 5.41) is 4.08. The van der Waals surface area contributed by atoms with Crippen LogP contribution in [0.2, 0.25) is 0 Å². The van der Waals surface area contributed by atoms with Crippen molar-refractivity contribution in [2.24, 2.45) is 7.05 Å². The number of carbonyl (C=O) groups excluding carboxylic acids is 2. The molecule has 2 heterocycles. The van der Waals surface area contributed by atoms with Gasteiger partial charge in [-0.25, -0.2) is 17.9 Å². The van der Waals surface area contributed by atoms with Gasteiger partial charge in [0.25, 0.3) is 0 Å². The first-order chi connectivity index (χ1) is 11.2. The number of benzene rings is 1. The van der Waals surface area contributed by atoms with Crippen molar-refractivity contribution in [3.63, 3.8) is 0 Å². The Labute approximate surface area is 138 Å². The third-order valence-electron chi connectivity index (χ3n) is 3.76. The number of aromatic nitrogens is 2. The van der Waals surface area contributed by atoms with Crippen molar-refractivity contribution in [2.45, 2.75) is 6.92 Å². The summed E-state index contributed by atoms with van der Waals surface area (Å²) in [4.78, 5) is 24.2. The first-order valence-electron chi connectivity index (χ1n) is 7.06. The van der Waals surface area contributed by atoms with Crippen molar-refractivity contribution in [3.05, 3.63) is 41.1 Å². The van der Waals surface area contributed by atoms with E-state index in [0.717, 1.165) is 4.31 Å². The molecule has 0 radical (unpaired) electrons. The monoisotopic (exact) mass is 349 g/mol. The molecule has 9 heteroatoms. The van der Waals surface area contributed by atoms with E-state index in [1.807, 2.05) is 0 Å². The van der Waals surface area contributed by atoms with Gasteiger partial charge in [-0.2, -0.15) is 5.10 Å². The second-order valence-electron chi connectivity index (χ2n) is 5.52. The fraction of sp³-hybridized carbons (Fsp3) is 0.267. The number of hydrogen-bond donors (Lipinski definition) is 0. The van der Waals surface area contributed by atoms with Crippen LogP contribution in [-0.2, 0) is 17.1 Å². The molecule has 1 aromatic heterocycles. The number of sulfonamides is 1. The zero-order valence-electron chi connectivity index (χ0n) is 13.3. The van der Waals surface area contributed by atoms with Crippen LogP contribution < -0.4 is 9.04 Å². The fourth-order valence-electron chi connectivity index (χ4n) is 2.48. The van der Waals surface area contributed by atoms with Gasteiger partial charge >= 0.3 is 5.97 Å². The van der Waals surface area contributed by atoms with Crippen LogP contribution in [0.1, 0.15) is 26.4 Å². The first-order valence-corrected chi connectivity index (χ1v) is 8.66. The molecule has 0 aliphatic carbocycles. The number of esters is 1. The number of ether oxygens (including phenoxy) is 1. The molecule has 1 aromatic carbocycles. The molecule has 3 rings (SSSR count). The van der Waals surface area contributed by atoms with Crippen molar-refractivity contribution in [2.75, 3.05) is 17.1 Å². The molecule has 2 aromatic rings. The molecule has 0 atom stereocenters. The summed E-state index contributed by atoms with van der Waals surface area (Å²) in [6, 6.07) is 5.83. The van der Waals surface area contributed by atoms with Gasteiger partial charge in [0, 0.05) is 25.7 Å². The van der Waals surface area contributed by atoms with Gasteiger partial charge in [0.05, 0.1) is 16.9 Å². The summed E-state index contributed by atoms with van der Waals surface area (Å²) in [7, 11) is -0.723. The smallest absolute Gasteiger partial charge is 0.344 e. The van der Waals surface area contributed by atoms with Crippen LogP contribution in [0.3, 0.4) is 0 Å². The third kappa shape index (κ3) is 2.67. The number of aryl methyl sites for hydroxylation is 2. The summed E-state index contributed by atoms with van der Waals surface area (Å²) in [5.41, 5.74) is 1.27. The Morgan fingerprint density at radius 2 is 1.96 bits per heavy atom. The van der Waals surface area contributed by atoms with E-state index in [9.17, 15) is 18.0 Å². The van der Waals surface area contributed by atoms with E-state index in [1.165, 1.54) is 29.9 Å². The highest BCUT2D eigenvalue weighted by molar-refractivity contribution is 7.93. The zero-order valence-corrected chi connectivity index (χ0v) is 14.1. The van der Waals surface area contributed by atoms with Crippen LogP contribution >= 0.6 is 0 Å². The predicted octanol–water partition coefficient (Wildman–Crippen LogP) is 0.910. The highest BCUT2D eigenvalue weighted by Crippen LogP contribution is 2.29. The summed E-state index contributed by atoms with van der Waals surface area (Å²) in [6.45, 7) is 1.77. The van der Waals surface area contributed by atoms with E-state index in [0.29, 0.717) is 5.69 Å². The molecular weight excluding hydrogens is 334 g/mol. The minimum Gasteiger partial charge on any atom is -0.404 e. The SMILES string of the molecule is Cc1cc(OC(=O)c2ccc3c(c2)N(C)S(=O)(=O)CC3=O)n(C)n1. The van der Waals surface area contributed by atoms with Gasteiger partial charge in [0.1, 0.15) is 5.75 Å². The van der Waals surface area contributed by atoms with Gasteiger partial charge in [-0.1, -0.05) is 0 Å². The van der Waals surface area contributed by atoms with Gasteiger partial charge < -0.3 is 4.74 Å². The molecule has 0 spiro atoms. The van der Waals surface area contributed by atoms with Gasteiger partial charge in [0.15, 0.2) is 5.78 Å². The van der Waals surface area contributed by atoms with Crippen LogP contribution in [0.4, 0.5) is 5.69 Å². The second kappa shape index (κ2) is 5.45. The molecule has 8 nitrogen and oxygen atoms in total. The number of fused-ring (bicyclic) bond motifs is 1. The van der Waals surface area contributed by atoms with Crippen LogP contribution in [0.25, 0.3) is 0 Å². The molecular formula is C15H15N3O5S. The second-order valence-corrected chi connectivity index (χ2v) is 7.52. The lowest BCUT2D eigenvalue weighted by atomic mass is 10.1. The lowest BCUT2D eigenvalue weighted by molar-refractivity contribution is 0.0719. The van der Waals surface area contributed by atoms with Gasteiger partial charge in [-0.05, 0) is 25.1 Å². The summed E-state index contributed by atoms with van der Waals surface area (Å²) >= 11 is 0. The molecule has 24 heavy (non-hydrogen) atoms. The maximum Gasteiger partial charge on any atom is 0.344 e. The number of carbonyl (C=O) groups is 2. The minimum absolute atomic E-state index is 0.143. The molecule has 126 valence electrons. The Hall–Kier alpha value is -2.68. The lowest BCUT2D eigenvalue weighted by Gasteiger charge is -2.26. The zero-order chi connectivity index (χ0) is 17.6. The Balaban J connectivity index is 1.96. The summed E-state index contributed by atoms with van der Waals surface area (Å²) < 4.78 is 31.6. The van der Waals surface area contributed by atoms with Gasteiger partial charge in [0.2, 0.25) is 15.9 Å². The number of hydrogen-bond acceptors (Lipinski definition) is 6. The largest absolute Gasteiger partial charge is 0.404 e. The number of Topliss-reactive ketones (excluding diaryl/α,β-unsaturated/α-hetero) is 1. The molecule has 0 fully saturated rings. The molecule has 0 bridgehead atoms. The lowest BCUT2D eigenvalue weighted by Crippen LogP contribution is -2.38. The van der Waals surface area contributed by atoms with E-state index >= 15 is 0 Å². The molecule has 0 unspecified atom stereocenters. The van der Waals surface area contributed by atoms with Gasteiger partial charge in [-0.3, -0.25) is 9.10 Å². The number of rotatable bonds is 2. The molecule has 1 aliphatic heterocycles. The standard InChI is InChI=1S/C15H15N3O5S/c1-9-6-14(17(2)16-9)23-15(20)10-4-5-11-12(7-10)18(3)24(21,22)8-13(11)19/h4-7H,8H2,1-3H3. The molecule has 0 saturated heterocycles. The van der Waals surface area contributed by atoms with Crippen LogP contribution in [0.5, 0.6) is 5.88 Å². The van der Waals surface area contributed by atoms with Crippen LogP contribution in [-0.4, -0.2) is 42.8 Å². The van der Waals surface area contributed by atoms with E-state index in [-0.39, 0.29) is 22.7 Å². The van der Waals surface area contributed by atoms with Crippen molar-refractivity contribution in [1.29, 1.82) is 0 Å². The minimum atomic E-state index is -3.71. The maximum absolute atomic E-state index is 12.3. The average molecular weight is 349 g/mol. The van der Waals surface area contributed by atoms with Crippen molar-refractivity contribution >= 4 is 27.5 Å². The molecule has 0 N–H and O–H groups in total. The quantitative estimate of drug-likeness (QED) is 0.748. The van der Waals surface area contributed by atoms with E-state index < -0.39 is 27.5 Å². The van der Waals surface area contributed by atoms with Gasteiger partial charge in [-0.15, -0.1) is 0 Å². The van der Waals surface area contributed by atoms with Crippen LogP contribution in [0.15, 0.2) is 24.3 Å². The first kappa shape index (κ1) is 16.2. The summed E-state index contributed by atoms with van der Waals surface area (Å²) in [5.74, 6) is -1.46. The van der Waals surface area contributed by atoms with Crippen molar-refractivity contribution in [1.82, 2.24) is 9.78 Å². The highest BCUT2D eigenvalue weighted by Gasteiger charge is 2.33. The Morgan fingerprint density at radius 1 is 1.25 bits per heavy atom. The third-order valence-corrected chi connectivity index (χ3v) is 5.42. The molecule has 0 amide bonds. The topological polar surface area (TPSA) is 98.6 Å². The maximum atomic E-state index is 12.3. The number of ketones is 1. The summed E-state index contributed by atoms with van der Waals surface area (Å²) in [6.07, 6.45) is 0. The number of nitrogens with zero attached hydrogens (tertiary/aromatic N) is 3. The Morgan fingerprint density at radius 3 is 2.58 bits per heavy atom. The highest BCUT2D eigenvalue weighted by atomic mass is 32.2. The van der Waals surface area contributed by atoms with E-state index in [1.54, 1.807) is 20.0 Å². The average Bonchev–Trinajstić information content (AvgIpc) is 2.81. The predicted molar refractivity (Wildman–Crippen MR) is 85.9 cm³/mol. The van der Waals surface area contributed by atoms with Crippen LogP contribution in [0, 0.1) is 6.92 Å². The van der Waals surface area contributed by atoms with Crippen molar-refractivity contribution in [3.8, 4) is 5.88 Å². The fourth-order valence-corrected chi connectivity index (χ4v) is 3.61. The molecule has 1 aliphatic rings. The van der Waals surface area contributed by atoms with Crippen molar-refractivity contribution < 1.29 is 22.7 Å². The molecule has 0 saturated carbocycles. The Bertz CT molecular complexity index is 961. The van der Waals surface area contributed by atoms with E-state index in [4.69, 9.17) is 4.74 Å². The number of anilines is 1. The normalized spacial score (nSPS) is 16.0.